The van der Waals surface area contributed by atoms with Crippen molar-refractivity contribution in [2.24, 2.45) is 0 Å². The number of aromatic hydroxyl groups is 1. The van der Waals surface area contributed by atoms with Crippen LogP contribution < -0.4 is 11.1 Å². The van der Waals surface area contributed by atoms with E-state index >= 15 is 0 Å². The van der Waals surface area contributed by atoms with E-state index in [1.54, 1.807) is 18.2 Å². The third-order valence-electron chi connectivity index (χ3n) is 4.20. The maximum absolute atomic E-state index is 12.1. The minimum absolute atomic E-state index is 0.0494. The van der Waals surface area contributed by atoms with Crippen LogP contribution in [0.2, 0.25) is 0 Å². The van der Waals surface area contributed by atoms with Crippen molar-refractivity contribution in [2.45, 2.75) is 31.7 Å². The van der Waals surface area contributed by atoms with Gasteiger partial charge in [0.1, 0.15) is 5.75 Å². The summed E-state index contributed by atoms with van der Waals surface area (Å²) in [4.78, 5) is 12.1. The van der Waals surface area contributed by atoms with Crippen LogP contribution in [0.1, 0.15) is 35.6 Å². The first-order valence-electron chi connectivity index (χ1n) is 7.58. The molecular weight excluding hydrogens is 276 g/mol. The van der Waals surface area contributed by atoms with Gasteiger partial charge in [-0.05, 0) is 48.1 Å². The number of hydrogen-bond acceptors (Lipinski definition) is 3. The summed E-state index contributed by atoms with van der Waals surface area (Å²) in [5, 5.41) is 12.5. The highest BCUT2D eigenvalue weighted by atomic mass is 16.3. The van der Waals surface area contributed by atoms with Gasteiger partial charge in [0.15, 0.2) is 0 Å². The van der Waals surface area contributed by atoms with E-state index in [4.69, 9.17) is 5.73 Å². The van der Waals surface area contributed by atoms with Gasteiger partial charge in [0.2, 0.25) is 5.91 Å². The molecule has 1 aliphatic carbocycles. The van der Waals surface area contributed by atoms with Crippen molar-refractivity contribution in [1.29, 1.82) is 0 Å². The third-order valence-corrected chi connectivity index (χ3v) is 4.20. The number of phenolic OH excluding ortho intramolecular Hbond substituents is 1. The summed E-state index contributed by atoms with van der Waals surface area (Å²) in [5.41, 5.74) is 9.54. The number of aryl methyl sites for hydroxylation is 2. The molecule has 4 nitrogen and oxygen atoms in total. The van der Waals surface area contributed by atoms with Gasteiger partial charge >= 0.3 is 0 Å². The van der Waals surface area contributed by atoms with Crippen molar-refractivity contribution in [1.82, 2.24) is 5.32 Å². The number of amides is 1. The van der Waals surface area contributed by atoms with E-state index in [0.717, 1.165) is 18.4 Å². The van der Waals surface area contributed by atoms with Crippen molar-refractivity contribution in [3.05, 3.63) is 59.2 Å². The second kappa shape index (κ2) is 6.10. The summed E-state index contributed by atoms with van der Waals surface area (Å²) < 4.78 is 0. The number of phenols is 1. The Bertz CT molecular complexity index is 697. The van der Waals surface area contributed by atoms with E-state index in [9.17, 15) is 9.90 Å². The van der Waals surface area contributed by atoms with Crippen LogP contribution in [0.15, 0.2) is 42.5 Å². The molecule has 0 bridgehead atoms. The molecule has 2 aromatic rings. The highest BCUT2D eigenvalue weighted by Gasteiger charge is 2.23. The lowest BCUT2D eigenvalue weighted by atomic mass is 10.1. The van der Waals surface area contributed by atoms with Crippen molar-refractivity contribution in [3.63, 3.8) is 0 Å². The normalized spacial score (nSPS) is 16.3. The summed E-state index contributed by atoms with van der Waals surface area (Å²) in [7, 11) is 0. The number of nitrogen functional groups attached to an aromatic ring is 1. The van der Waals surface area contributed by atoms with Crippen molar-refractivity contribution < 1.29 is 9.90 Å². The van der Waals surface area contributed by atoms with Gasteiger partial charge in [0.05, 0.1) is 11.7 Å². The molecule has 2 aromatic carbocycles. The lowest BCUT2D eigenvalue weighted by Gasteiger charge is -2.14. The van der Waals surface area contributed by atoms with Crippen molar-refractivity contribution in [2.75, 3.05) is 5.73 Å². The quantitative estimate of drug-likeness (QED) is 0.600. The highest BCUT2D eigenvalue weighted by molar-refractivity contribution is 5.77. The molecule has 1 atom stereocenters. The predicted octanol–water partition coefficient (Wildman–Crippen LogP) is 2.71. The maximum Gasteiger partial charge on any atom is 0.220 e. The number of hydrogen-bond donors (Lipinski definition) is 3. The summed E-state index contributed by atoms with van der Waals surface area (Å²) in [6.07, 6.45) is 3.03. The number of benzene rings is 2. The van der Waals surface area contributed by atoms with Gasteiger partial charge < -0.3 is 16.2 Å². The van der Waals surface area contributed by atoms with E-state index in [0.29, 0.717) is 18.5 Å². The van der Waals surface area contributed by atoms with E-state index in [-0.39, 0.29) is 17.7 Å². The molecule has 1 amide bonds. The smallest absolute Gasteiger partial charge is 0.220 e. The van der Waals surface area contributed by atoms with Gasteiger partial charge in [-0.1, -0.05) is 30.3 Å². The fraction of sp³-hybridized carbons (Fsp3) is 0.278. The molecule has 4 heteroatoms. The minimum atomic E-state index is 0.0494. The minimum Gasteiger partial charge on any atom is -0.506 e. The molecule has 114 valence electrons. The maximum atomic E-state index is 12.1. The number of fused-ring (bicyclic) bond motifs is 1. The Labute approximate surface area is 130 Å². The number of anilines is 1. The van der Waals surface area contributed by atoms with Crippen LogP contribution in [0.25, 0.3) is 0 Å². The first kappa shape index (κ1) is 14.4. The fourth-order valence-electron chi connectivity index (χ4n) is 2.99. The standard InChI is InChI=1S/C18H20N2O2/c19-15-11-12(5-9-17(15)21)6-10-18(22)20-16-8-7-13-3-1-2-4-14(13)16/h1-5,9,11,16,21H,6-8,10,19H2,(H,20,22)/t16-/m1/s1. The number of carbonyl (C=O) groups excluding carboxylic acids is 1. The molecule has 0 aromatic heterocycles. The summed E-state index contributed by atoms with van der Waals surface area (Å²) in [5.74, 6) is 0.129. The average molecular weight is 296 g/mol. The Hall–Kier alpha value is -2.49. The zero-order valence-electron chi connectivity index (χ0n) is 12.4. The molecule has 22 heavy (non-hydrogen) atoms. The number of nitrogens with one attached hydrogen (secondary N) is 1. The van der Waals surface area contributed by atoms with E-state index in [2.05, 4.69) is 17.4 Å². The van der Waals surface area contributed by atoms with Crippen LogP contribution in [0.3, 0.4) is 0 Å². The van der Waals surface area contributed by atoms with E-state index in [1.165, 1.54) is 11.1 Å². The highest BCUT2D eigenvalue weighted by Crippen LogP contribution is 2.30. The Kier molecular flexibility index (Phi) is 4.00. The van der Waals surface area contributed by atoms with Gasteiger partial charge in [-0.3, -0.25) is 4.79 Å². The van der Waals surface area contributed by atoms with Crippen LogP contribution in [0, 0.1) is 0 Å². The molecule has 0 heterocycles. The van der Waals surface area contributed by atoms with Gasteiger partial charge in [0.25, 0.3) is 0 Å². The molecule has 0 aliphatic heterocycles. The molecule has 3 rings (SSSR count). The molecule has 0 unspecified atom stereocenters. The molecule has 0 radical (unpaired) electrons. The molecule has 4 N–H and O–H groups in total. The van der Waals surface area contributed by atoms with Crippen LogP contribution in [-0.4, -0.2) is 11.0 Å². The molecule has 0 saturated heterocycles. The Morgan fingerprint density at radius 3 is 2.91 bits per heavy atom. The van der Waals surface area contributed by atoms with Gasteiger partial charge in [-0.25, -0.2) is 0 Å². The Morgan fingerprint density at radius 1 is 1.27 bits per heavy atom. The van der Waals surface area contributed by atoms with E-state index in [1.807, 2.05) is 12.1 Å². The molecule has 0 saturated carbocycles. The van der Waals surface area contributed by atoms with Gasteiger partial charge in [-0.15, -0.1) is 0 Å². The van der Waals surface area contributed by atoms with Crippen molar-refractivity contribution >= 4 is 11.6 Å². The second-order valence-corrected chi connectivity index (χ2v) is 5.75. The van der Waals surface area contributed by atoms with Crippen molar-refractivity contribution in [3.8, 4) is 5.75 Å². The predicted molar refractivity (Wildman–Crippen MR) is 86.5 cm³/mol. The zero-order valence-corrected chi connectivity index (χ0v) is 12.4. The zero-order chi connectivity index (χ0) is 15.5. The number of nitrogens with two attached hydrogens (primary N) is 1. The lowest BCUT2D eigenvalue weighted by molar-refractivity contribution is -0.121. The molecule has 0 fully saturated rings. The second-order valence-electron chi connectivity index (χ2n) is 5.75. The number of rotatable bonds is 4. The van der Waals surface area contributed by atoms with Crippen LogP contribution >= 0.6 is 0 Å². The SMILES string of the molecule is Nc1cc(CCC(=O)N[C@@H]2CCc3ccccc32)ccc1O. The largest absolute Gasteiger partial charge is 0.506 e. The third kappa shape index (κ3) is 3.06. The van der Waals surface area contributed by atoms with E-state index < -0.39 is 0 Å². The average Bonchev–Trinajstić information content (AvgIpc) is 2.92. The molecule has 1 aliphatic rings. The molecular formula is C18H20N2O2. The first-order valence-corrected chi connectivity index (χ1v) is 7.58. The van der Waals surface area contributed by atoms with Crippen LogP contribution in [0.4, 0.5) is 5.69 Å². The monoisotopic (exact) mass is 296 g/mol. The number of carbonyl (C=O) groups is 1. The van der Waals surface area contributed by atoms with Gasteiger partial charge in [-0.2, -0.15) is 0 Å². The summed E-state index contributed by atoms with van der Waals surface area (Å²) in [6, 6.07) is 13.5. The summed E-state index contributed by atoms with van der Waals surface area (Å²) >= 11 is 0. The Balaban J connectivity index is 1.56. The van der Waals surface area contributed by atoms with Crippen LogP contribution in [-0.2, 0) is 17.6 Å². The van der Waals surface area contributed by atoms with Gasteiger partial charge in [0, 0.05) is 6.42 Å². The molecule has 0 spiro atoms. The fourth-order valence-corrected chi connectivity index (χ4v) is 2.99. The Morgan fingerprint density at radius 2 is 2.09 bits per heavy atom. The topological polar surface area (TPSA) is 75.4 Å². The first-order chi connectivity index (χ1) is 10.6. The lowest BCUT2D eigenvalue weighted by Crippen LogP contribution is -2.27. The summed E-state index contributed by atoms with van der Waals surface area (Å²) in [6.45, 7) is 0. The van der Waals surface area contributed by atoms with Crippen LogP contribution in [0.5, 0.6) is 5.75 Å².